The summed E-state index contributed by atoms with van der Waals surface area (Å²) in [5.74, 6) is 0.524. The minimum absolute atomic E-state index is 0.169. The highest BCUT2D eigenvalue weighted by Gasteiger charge is 2.36. The standard InChI is InChI=1S/C13H18FNO/c1-16-13-8-11(13)9-15-7-6-10-2-4-12(14)5-3-10/h2-5,11,13,15H,6-9H2,1H3. The third-order valence-electron chi connectivity index (χ3n) is 3.07. The SMILES string of the molecule is COC1CC1CNCCc1ccc(F)cc1. The summed E-state index contributed by atoms with van der Waals surface area (Å²) >= 11 is 0. The Hall–Kier alpha value is -0.930. The van der Waals surface area contributed by atoms with Gasteiger partial charge < -0.3 is 10.1 Å². The van der Waals surface area contributed by atoms with Crippen LogP contribution in [0, 0.1) is 11.7 Å². The van der Waals surface area contributed by atoms with E-state index in [2.05, 4.69) is 5.32 Å². The molecule has 0 aliphatic heterocycles. The van der Waals surface area contributed by atoms with E-state index in [0.29, 0.717) is 12.0 Å². The van der Waals surface area contributed by atoms with Gasteiger partial charge in [0.25, 0.3) is 0 Å². The molecule has 0 radical (unpaired) electrons. The van der Waals surface area contributed by atoms with Crippen molar-refractivity contribution >= 4 is 0 Å². The molecule has 0 bridgehead atoms. The fraction of sp³-hybridized carbons (Fsp3) is 0.538. The zero-order valence-electron chi connectivity index (χ0n) is 9.58. The fourth-order valence-electron chi connectivity index (χ4n) is 1.89. The predicted octanol–water partition coefficient (Wildman–Crippen LogP) is 1.99. The Morgan fingerprint density at radius 2 is 2.12 bits per heavy atom. The molecule has 2 nitrogen and oxygen atoms in total. The smallest absolute Gasteiger partial charge is 0.123 e. The molecule has 88 valence electrons. The van der Waals surface area contributed by atoms with Crippen molar-refractivity contribution in [3.63, 3.8) is 0 Å². The molecule has 1 aliphatic rings. The predicted molar refractivity (Wildman–Crippen MR) is 61.9 cm³/mol. The molecule has 2 atom stereocenters. The fourth-order valence-corrected chi connectivity index (χ4v) is 1.89. The first kappa shape index (κ1) is 11.6. The van der Waals surface area contributed by atoms with Crippen LogP contribution in [-0.4, -0.2) is 26.3 Å². The molecule has 1 aliphatic carbocycles. The highest BCUT2D eigenvalue weighted by molar-refractivity contribution is 5.16. The number of hydrogen-bond donors (Lipinski definition) is 1. The molecule has 0 aromatic heterocycles. The third kappa shape index (κ3) is 3.29. The quantitative estimate of drug-likeness (QED) is 0.745. The summed E-state index contributed by atoms with van der Waals surface area (Å²) in [6.45, 7) is 1.97. The molecule has 0 amide bonds. The van der Waals surface area contributed by atoms with E-state index in [-0.39, 0.29) is 5.82 Å². The van der Waals surface area contributed by atoms with Gasteiger partial charge in [-0.05, 0) is 37.1 Å². The normalized spacial score (nSPS) is 23.4. The van der Waals surface area contributed by atoms with E-state index in [0.717, 1.165) is 19.5 Å². The maximum absolute atomic E-state index is 12.6. The van der Waals surface area contributed by atoms with Crippen LogP contribution in [-0.2, 0) is 11.2 Å². The second-order valence-corrected chi connectivity index (χ2v) is 4.35. The van der Waals surface area contributed by atoms with Gasteiger partial charge in [0.2, 0.25) is 0 Å². The molecule has 0 spiro atoms. The van der Waals surface area contributed by atoms with Gasteiger partial charge in [-0.15, -0.1) is 0 Å². The van der Waals surface area contributed by atoms with E-state index < -0.39 is 0 Å². The van der Waals surface area contributed by atoms with Gasteiger partial charge in [0.15, 0.2) is 0 Å². The van der Waals surface area contributed by atoms with Crippen LogP contribution in [0.5, 0.6) is 0 Å². The van der Waals surface area contributed by atoms with E-state index in [1.54, 1.807) is 7.11 Å². The van der Waals surface area contributed by atoms with Gasteiger partial charge in [0.1, 0.15) is 5.82 Å². The first-order valence-corrected chi connectivity index (χ1v) is 5.77. The Kier molecular flexibility index (Phi) is 3.91. The van der Waals surface area contributed by atoms with Gasteiger partial charge in [-0.3, -0.25) is 0 Å². The van der Waals surface area contributed by atoms with E-state index in [4.69, 9.17) is 4.74 Å². The van der Waals surface area contributed by atoms with Crippen molar-refractivity contribution in [1.29, 1.82) is 0 Å². The number of nitrogens with one attached hydrogen (secondary N) is 1. The lowest BCUT2D eigenvalue weighted by Gasteiger charge is -2.04. The summed E-state index contributed by atoms with van der Waals surface area (Å²) < 4.78 is 17.9. The van der Waals surface area contributed by atoms with Crippen molar-refractivity contribution in [2.45, 2.75) is 18.9 Å². The van der Waals surface area contributed by atoms with Crippen LogP contribution in [0.1, 0.15) is 12.0 Å². The molecular weight excluding hydrogens is 205 g/mol. The minimum Gasteiger partial charge on any atom is -0.381 e. The van der Waals surface area contributed by atoms with Crippen LogP contribution in [0.15, 0.2) is 24.3 Å². The summed E-state index contributed by atoms with van der Waals surface area (Å²) in [6, 6.07) is 6.70. The van der Waals surface area contributed by atoms with Crippen LogP contribution in [0.4, 0.5) is 4.39 Å². The zero-order valence-corrected chi connectivity index (χ0v) is 9.58. The average Bonchev–Trinajstić information content (AvgIpc) is 3.05. The van der Waals surface area contributed by atoms with Gasteiger partial charge in [-0.1, -0.05) is 12.1 Å². The molecule has 1 saturated carbocycles. The summed E-state index contributed by atoms with van der Waals surface area (Å²) in [4.78, 5) is 0. The van der Waals surface area contributed by atoms with E-state index in [9.17, 15) is 4.39 Å². The molecule has 2 rings (SSSR count). The first-order valence-electron chi connectivity index (χ1n) is 5.77. The lowest BCUT2D eigenvalue weighted by Crippen LogP contribution is -2.21. The summed E-state index contributed by atoms with van der Waals surface area (Å²) in [7, 11) is 1.77. The third-order valence-corrected chi connectivity index (χ3v) is 3.07. The van der Waals surface area contributed by atoms with Crippen LogP contribution >= 0.6 is 0 Å². The van der Waals surface area contributed by atoms with Gasteiger partial charge in [0, 0.05) is 19.6 Å². The van der Waals surface area contributed by atoms with Gasteiger partial charge >= 0.3 is 0 Å². The van der Waals surface area contributed by atoms with Crippen LogP contribution in [0.25, 0.3) is 0 Å². The number of methoxy groups -OCH3 is 1. The second kappa shape index (κ2) is 5.41. The molecule has 1 aromatic rings. The summed E-state index contributed by atoms with van der Waals surface area (Å²) in [5, 5.41) is 3.40. The highest BCUT2D eigenvalue weighted by atomic mass is 19.1. The van der Waals surface area contributed by atoms with Crippen LogP contribution in [0.2, 0.25) is 0 Å². The van der Waals surface area contributed by atoms with Gasteiger partial charge in [-0.25, -0.2) is 4.39 Å². The van der Waals surface area contributed by atoms with E-state index in [1.165, 1.54) is 24.1 Å². The Labute approximate surface area is 95.8 Å². The second-order valence-electron chi connectivity index (χ2n) is 4.35. The van der Waals surface area contributed by atoms with Crippen molar-refractivity contribution in [1.82, 2.24) is 5.32 Å². The Morgan fingerprint density at radius 3 is 2.75 bits per heavy atom. The molecule has 3 heteroatoms. The average molecular weight is 223 g/mol. The molecule has 0 saturated heterocycles. The zero-order chi connectivity index (χ0) is 11.4. The molecule has 2 unspecified atom stereocenters. The molecule has 16 heavy (non-hydrogen) atoms. The minimum atomic E-state index is -0.169. The monoisotopic (exact) mass is 223 g/mol. The molecule has 1 N–H and O–H groups in total. The summed E-state index contributed by atoms with van der Waals surface area (Å²) in [6.07, 6.45) is 2.60. The van der Waals surface area contributed by atoms with Crippen molar-refractivity contribution in [3.05, 3.63) is 35.6 Å². The molecule has 1 aromatic carbocycles. The number of halogens is 1. The Morgan fingerprint density at radius 1 is 1.38 bits per heavy atom. The largest absolute Gasteiger partial charge is 0.381 e. The number of benzene rings is 1. The summed E-state index contributed by atoms with van der Waals surface area (Å²) in [5.41, 5.74) is 1.17. The van der Waals surface area contributed by atoms with Crippen molar-refractivity contribution < 1.29 is 9.13 Å². The number of rotatable bonds is 6. The molecule has 1 fully saturated rings. The lowest BCUT2D eigenvalue weighted by molar-refractivity contribution is 0.169. The number of ether oxygens (including phenoxy) is 1. The maximum Gasteiger partial charge on any atom is 0.123 e. The van der Waals surface area contributed by atoms with Gasteiger partial charge in [-0.2, -0.15) is 0 Å². The van der Waals surface area contributed by atoms with Crippen LogP contribution < -0.4 is 5.32 Å². The Bertz CT molecular complexity index is 325. The molecule has 0 heterocycles. The van der Waals surface area contributed by atoms with Crippen molar-refractivity contribution in [2.24, 2.45) is 5.92 Å². The van der Waals surface area contributed by atoms with Crippen LogP contribution in [0.3, 0.4) is 0 Å². The molecular formula is C13H18FNO. The van der Waals surface area contributed by atoms with Gasteiger partial charge in [0.05, 0.1) is 6.10 Å². The lowest BCUT2D eigenvalue weighted by atomic mass is 10.1. The Balaban J connectivity index is 1.59. The van der Waals surface area contributed by atoms with E-state index >= 15 is 0 Å². The van der Waals surface area contributed by atoms with E-state index in [1.807, 2.05) is 12.1 Å². The highest BCUT2D eigenvalue weighted by Crippen LogP contribution is 2.31. The maximum atomic E-state index is 12.6. The first-order chi connectivity index (χ1) is 7.79. The number of hydrogen-bond acceptors (Lipinski definition) is 2. The van der Waals surface area contributed by atoms with Crippen molar-refractivity contribution in [2.75, 3.05) is 20.2 Å². The van der Waals surface area contributed by atoms with Crippen molar-refractivity contribution in [3.8, 4) is 0 Å². The topological polar surface area (TPSA) is 21.3 Å².